The lowest BCUT2D eigenvalue weighted by atomic mass is 10.0. The smallest absolute Gasteiger partial charge is 0.237 e. The van der Waals surface area contributed by atoms with Gasteiger partial charge >= 0.3 is 0 Å². The summed E-state index contributed by atoms with van der Waals surface area (Å²) in [6.07, 6.45) is 38.5. The van der Waals surface area contributed by atoms with Crippen LogP contribution in [0.4, 0.5) is 0 Å². The average Bonchev–Trinajstić information content (AvgIpc) is 2.80. The van der Waals surface area contributed by atoms with Gasteiger partial charge in [0.1, 0.15) is 0 Å². The second-order valence-electron chi connectivity index (χ2n) is 10.5. The van der Waals surface area contributed by atoms with Crippen LogP contribution in [0.25, 0.3) is 0 Å². The fourth-order valence-corrected chi connectivity index (χ4v) is 6.39. The maximum atomic E-state index is 5.89. The van der Waals surface area contributed by atoms with E-state index in [2.05, 4.69) is 0 Å². The fraction of sp³-hybridized carbons (Fsp3) is 1.00. The Morgan fingerprint density at radius 1 is 0.303 bits per heavy atom. The van der Waals surface area contributed by atoms with Gasteiger partial charge in [0.25, 0.3) is 0 Å². The van der Waals surface area contributed by atoms with Crippen LogP contribution >= 0.6 is 22.2 Å². The maximum absolute atomic E-state index is 5.89. The molecule has 0 aliphatic carbocycles. The van der Waals surface area contributed by atoms with Gasteiger partial charge in [0, 0.05) is 0 Å². The van der Waals surface area contributed by atoms with Crippen LogP contribution in [-0.2, 0) is 0 Å². The van der Waals surface area contributed by atoms with Crippen molar-refractivity contribution < 1.29 is 0 Å². The number of halogens is 2. The van der Waals surface area contributed by atoms with E-state index in [0.717, 1.165) is 12.6 Å². The van der Waals surface area contributed by atoms with Gasteiger partial charge in [-0.25, -0.2) is 0 Å². The van der Waals surface area contributed by atoms with E-state index < -0.39 is 7.42 Å². The SMILES string of the molecule is NCCCCCCCCCCCCCCCCCCCCCCCCCCCCC[SiH](Cl)Cl. The molecular weight excluding hydrogens is 461 g/mol. The number of hydrogen-bond acceptors (Lipinski definition) is 1. The minimum atomic E-state index is -1.33. The minimum Gasteiger partial charge on any atom is -0.330 e. The number of nitrogens with two attached hydrogens (primary N) is 1. The third-order valence-electron chi connectivity index (χ3n) is 7.13. The lowest BCUT2D eigenvalue weighted by Crippen LogP contribution is -1.97. The highest BCUT2D eigenvalue weighted by molar-refractivity contribution is 7.33. The Balaban J connectivity index is 3.00. The van der Waals surface area contributed by atoms with Gasteiger partial charge < -0.3 is 5.73 Å². The summed E-state index contributed by atoms with van der Waals surface area (Å²) < 4.78 is 0. The summed E-state index contributed by atoms with van der Waals surface area (Å²) in [6, 6.07) is 1.10. The first-order valence-electron chi connectivity index (χ1n) is 15.3. The van der Waals surface area contributed by atoms with Crippen molar-refractivity contribution in [3.63, 3.8) is 0 Å². The van der Waals surface area contributed by atoms with Crippen molar-refractivity contribution in [1.29, 1.82) is 0 Å². The van der Waals surface area contributed by atoms with E-state index in [4.69, 9.17) is 27.9 Å². The zero-order valence-corrected chi connectivity index (χ0v) is 25.1. The van der Waals surface area contributed by atoms with E-state index in [0.29, 0.717) is 0 Å². The third kappa shape index (κ3) is 32.8. The Hall–Kier alpha value is 0.757. The summed E-state index contributed by atoms with van der Waals surface area (Å²) in [5.74, 6) is 0. The van der Waals surface area contributed by atoms with Crippen molar-refractivity contribution in [3.05, 3.63) is 0 Å². The zero-order valence-electron chi connectivity index (χ0n) is 22.4. The van der Waals surface area contributed by atoms with Crippen LogP contribution < -0.4 is 5.73 Å². The molecule has 0 aliphatic heterocycles. The van der Waals surface area contributed by atoms with Crippen LogP contribution in [0.5, 0.6) is 0 Å². The number of hydrogen-bond donors (Lipinski definition) is 1. The molecule has 0 saturated carbocycles. The Labute approximate surface area is 220 Å². The predicted molar refractivity (Wildman–Crippen MR) is 157 cm³/mol. The highest BCUT2D eigenvalue weighted by Gasteiger charge is 2.00. The van der Waals surface area contributed by atoms with Crippen molar-refractivity contribution in [3.8, 4) is 0 Å². The van der Waals surface area contributed by atoms with Crippen LogP contribution in [0.2, 0.25) is 6.04 Å². The number of unbranched alkanes of at least 4 members (excludes halogenated alkanes) is 26. The van der Waals surface area contributed by atoms with Gasteiger partial charge in [-0.1, -0.05) is 167 Å². The molecule has 0 rings (SSSR count). The molecular formula is C29H61Cl2NSi. The summed E-state index contributed by atoms with van der Waals surface area (Å²) in [5.41, 5.74) is 5.53. The molecule has 4 heteroatoms. The fourth-order valence-electron chi connectivity index (χ4n) is 4.86. The normalized spacial score (nSPS) is 11.6. The van der Waals surface area contributed by atoms with Gasteiger partial charge in [0.15, 0.2) is 0 Å². The quantitative estimate of drug-likeness (QED) is 0.0590. The molecule has 0 bridgehead atoms. The first kappa shape index (κ1) is 33.8. The Bertz CT molecular complexity index is 342. The van der Waals surface area contributed by atoms with E-state index >= 15 is 0 Å². The van der Waals surface area contributed by atoms with Crippen molar-refractivity contribution in [2.45, 2.75) is 179 Å². The van der Waals surface area contributed by atoms with Crippen molar-refractivity contribution >= 4 is 29.6 Å². The molecule has 0 aliphatic rings. The second-order valence-corrected chi connectivity index (χ2v) is 15.7. The monoisotopic (exact) mass is 521 g/mol. The van der Waals surface area contributed by atoms with Crippen molar-refractivity contribution in [2.75, 3.05) is 6.54 Å². The molecule has 0 spiro atoms. The highest BCUT2D eigenvalue weighted by Crippen LogP contribution is 2.16. The molecule has 33 heavy (non-hydrogen) atoms. The van der Waals surface area contributed by atoms with Gasteiger partial charge in [-0.2, -0.15) is 22.2 Å². The molecule has 0 heterocycles. The predicted octanol–water partition coefficient (Wildman–Crippen LogP) is 11.2. The maximum Gasteiger partial charge on any atom is 0.237 e. The van der Waals surface area contributed by atoms with E-state index in [1.807, 2.05) is 0 Å². The standard InChI is InChI=1S/C29H61Cl2NSi/c30-33(31)29-27-25-23-21-19-17-15-13-11-9-7-5-3-1-2-4-6-8-10-12-14-16-18-20-22-24-26-28-32/h33H,1-29,32H2. The molecule has 0 unspecified atom stereocenters. The zero-order chi connectivity index (χ0) is 24.1. The Kier molecular flexibility index (Phi) is 31.5. The first-order valence-corrected chi connectivity index (χ1v) is 19.6. The summed E-state index contributed by atoms with van der Waals surface area (Å²) in [5, 5.41) is 0. The molecule has 0 saturated heterocycles. The molecule has 2 N–H and O–H groups in total. The lowest BCUT2D eigenvalue weighted by molar-refractivity contribution is 0.515. The van der Waals surface area contributed by atoms with Gasteiger partial charge in [-0.05, 0) is 19.0 Å². The van der Waals surface area contributed by atoms with Crippen molar-refractivity contribution in [1.82, 2.24) is 0 Å². The second kappa shape index (κ2) is 30.8. The lowest BCUT2D eigenvalue weighted by Gasteiger charge is -2.04. The van der Waals surface area contributed by atoms with Crippen LogP contribution in [0.3, 0.4) is 0 Å². The van der Waals surface area contributed by atoms with Crippen LogP contribution in [0.15, 0.2) is 0 Å². The Morgan fingerprint density at radius 3 is 0.667 bits per heavy atom. The Morgan fingerprint density at radius 2 is 0.485 bits per heavy atom. The van der Waals surface area contributed by atoms with Gasteiger partial charge in [-0.15, -0.1) is 0 Å². The average molecular weight is 523 g/mol. The molecule has 0 aromatic rings. The first-order chi connectivity index (χ1) is 16.3. The summed E-state index contributed by atoms with van der Waals surface area (Å²) >= 11 is 11.8. The molecule has 0 aromatic heterocycles. The van der Waals surface area contributed by atoms with E-state index in [9.17, 15) is 0 Å². The topological polar surface area (TPSA) is 26.0 Å². The molecule has 0 fully saturated rings. The van der Waals surface area contributed by atoms with E-state index in [1.54, 1.807) is 0 Å². The van der Waals surface area contributed by atoms with Crippen molar-refractivity contribution in [2.24, 2.45) is 5.73 Å². The third-order valence-corrected chi connectivity index (χ3v) is 9.28. The van der Waals surface area contributed by atoms with Crippen LogP contribution in [0.1, 0.15) is 173 Å². The van der Waals surface area contributed by atoms with Gasteiger partial charge in [0.2, 0.25) is 7.42 Å². The molecule has 200 valence electrons. The van der Waals surface area contributed by atoms with Gasteiger partial charge in [0.05, 0.1) is 0 Å². The van der Waals surface area contributed by atoms with Crippen LogP contribution in [0, 0.1) is 0 Å². The highest BCUT2D eigenvalue weighted by atomic mass is 35.7. The largest absolute Gasteiger partial charge is 0.330 e. The summed E-state index contributed by atoms with van der Waals surface area (Å²) in [4.78, 5) is 0. The van der Waals surface area contributed by atoms with E-state index in [-0.39, 0.29) is 0 Å². The molecule has 0 radical (unpaired) electrons. The molecule has 1 nitrogen and oxygen atoms in total. The van der Waals surface area contributed by atoms with Gasteiger partial charge in [-0.3, -0.25) is 0 Å². The van der Waals surface area contributed by atoms with Crippen LogP contribution in [-0.4, -0.2) is 14.0 Å². The summed E-state index contributed by atoms with van der Waals surface area (Å²) in [7, 11) is -1.33. The van der Waals surface area contributed by atoms with E-state index in [1.165, 1.54) is 173 Å². The molecule has 0 amide bonds. The molecule has 0 aromatic carbocycles. The number of rotatable bonds is 29. The summed E-state index contributed by atoms with van der Waals surface area (Å²) in [6.45, 7) is 0.870. The molecule has 0 atom stereocenters. The minimum absolute atomic E-state index is 0.870.